The Labute approximate surface area is 152 Å². The minimum atomic E-state index is -2.46. The molecule has 134 valence electrons. The van der Waals surface area contributed by atoms with Gasteiger partial charge in [0.1, 0.15) is 0 Å². The molecule has 0 radical (unpaired) electrons. The monoisotopic (exact) mass is 355 g/mol. The van der Waals surface area contributed by atoms with Crippen LogP contribution in [-0.4, -0.2) is 38.7 Å². The third-order valence-electron chi connectivity index (χ3n) is 5.12. The largest absolute Gasteiger partial charge is 0.406 e. The molecule has 25 heavy (non-hydrogen) atoms. The summed E-state index contributed by atoms with van der Waals surface area (Å²) in [7, 11) is -2.46. The number of rotatable bonds is 5. The minimum Gasteiger partial charge on any atom is -0.406 e. The van der Waals surface area contributed by atoms with Crippen LogP contribution in [0.1, 0.15) is 27.2 Å². The van der Waals surface area contributed by atoms with E-state index in [-0.39, 0.29) is 17.2 Å². The highest BCUT2D eigenvalue weighted by Crippen LogP contribution is 2.36. The first-order chi connectivity index (χ1) is 11.9. The first-order valence-electron chi connectivity index (χ1n) is 9.10. The summed E-state index contributed by atoms with van der Waals surface area (Å²) in [6.45, 7) is 8.15. The van der Waals surface area contributed by atoms with E-state index in [1.54, 1.807) is 0 Å². The van der Waals surface area contributed by atoms with Crippen molar-refractivity contribution in [1.82, 2.24) is 5.32 Å². The smallest absolute Gasteiger partial charge is 0.261 e. The van der Waals surface area contributed by atoms with Crippen molar-refractivity contribution >= 4 is 18.7 Å². The van der Waals surface area contributed by atoms with Crippen LogP contribution in [0.15, 0.2) is 60.7 Å². The topological polar surface area (TPSA) is 41.5 Å². The Balaban J connectivity index is 2.02. The van der Waals surface area contributed by atoms with E-state index in [9.17, 15) is 5.11 Å². The fourth-order valence-corrected chi connectivity index (χ4v) is 8.52. The van der Waals surface area contributed by atoms with Gasteiger partial charge in [0, 0.05) is 12.6 Å². The summed E-state index contributed by atoms with van der Waals surface area (Å²) in [4.78, 5) is 0. The van der Waals surface area contributed by atoms with Gasteiger partial charge in [-0.15, -0.1) is 0 Å². The van der Waals surface area contributed by atoms with E-state index >= 15 is 0 Å². The highest BCUT2D eigenvalue weighted by Gasteiger charge is 2.50. The van der Waals surface area contributed by atoms with Crippen LogP contribution in [-0.2, 0) is 4.43 Å². The molecular weight excluding hydrogens is 326 g/mol. The molecule has 4 heteroatoms. The standard InChI is InChI=1S/C21H29NO2Si/c1-21(2,3)25(19-10-6-4-7-11-19,20-12-8-5-9-13-20)24-16-17-14-18(23)15-22-17/h4-13,17-18,22-23H,14-16H2,1-3H3/t17-,18+/m0/s1. The number of hydrogen-bond donors (Lipinski definition) is 2. The zero-order chi connectivity index (χ0) is 17.9. The molecule has 0 bridgehead atoms. The van der Waals surface area contributed by atoms with Gasteiger partial charge >= 0.3 is 0 Å². The van der Waals surface area contributed by atoms with Crippen molar-refractivity contribution in [3.05, 3.63) is 60.7 Å². The Morgan fingerprint density at radius 2 is 1.52 bits per heavy atom. The zero-order valence-electron chi connectivity index (χ0n) is 15.4. The van der Waals surface area contributed by atoms with Crippen LogP contribution in [0.2, 0.25) is 5.04 Å². The number of hydrogen-bond acceptors (Lipinski definition) is 3. The minimum absolute atomic E-state index is 0.00702. The van der Waals surface area contributed by atoms with Gasteiger partial charge in [-0.3, -0.25) is 0 Å². The Morgan fingerprint density at radius 1 is 1.00 bits per heavy atom. The molecule has 2 aromatic carbocycles. The Morgan fingerprint density at radius 3 is 1.92 bits per heavy atom. The molecular formula is C21H29NO2Si. The summed E-state index contributed by atoms with van der Waals surface area (Å²) in [6, 6.07) is 21.6. The molecule has 0 saturated carbocycles. The van der Waals surface area contributed by atoms with Gasteiger partial charge in [-0.25, -0.2) is 0 Å². The molecule has 0 aromatic heterocycles. The maximum atomic E-state index is 9.82. The molecule has 1 fully saturated rings. The van der Waals surface area contributed by atoms with E-state index in [4.69, 9.17) is 4.43 Å². The van der Waals surface area contributed by atoms with E-state index in [1.807, 2.05) is 0 Å². The van der Waals surface area contributed by atoms with Crippen LogP contribution in [0.25, 0.3) is 0 Å². The van der Waals surface area contributed by atoms with Crippen molar-refractivity contribution in [2.75, 3.05) is 13.2 Å². The van der Waals surface area contributed by atoms with Crippen molar-refractivity contribution in [1.29, 1.82) is 0 Å². The summed E-state index contributed by atoms with van der Waals surface area (Å²) >= 11 is 0. The summed E-state index contributed by atoms with van der Waals surface area (Å²) in [5.41, 5.74) is 0. The van der Waals surface area contributed by atoms with Crippen molar-refractivity contribution in [2.45, 2.75) is 44.4 Å². The van der Waals surface area contributed by atoms with Gasteiger partial charge in [0.15, 0.2) is 0 Å². The van der Waals surface area contributed by atoms with E-state index in [0.29, 0.717) is 13.2 Å². The molecule has 2 aromatic rings. The fraction of sp³-hybridized carbons (Fsp3) is 0.429. The molecule has 1 saturated heterocycles. The highest BCUT2D eigenvalue weighted by atomic mass is 28.4. The number of benzene rings is 2. The van der Waals surface area contributed by atoms with Crippen molar-refractivity contribution in [3.8, 4) is 0 Å². The normalized spacial score (nSPS) is 21.4. The van der Waals surface area contributed by atoms with Crippen LogP contribution in [0.5, 0.6) is 0 Å². The lowest BCUT2D eigenvalue weighted by Gasteiger charge is -2.43. The Hall–Kier alpha value is -1.46. The van der Waals surface area contributed by atoms with Crippen LogP contribution in [0.3, 0.4) is 0 Å². The molecule has 2 atom stereocenters. The van der Waals surface area contributed by atoms with E-state index in [2.05, 4.69) is 86.8 Å². The fourth-order valence-electron chi connectivity index (χ4n) is 3.91. The molecule has 0 amide bonds. The van der Waals surface area contributed by atoms with Gasteiger partial charge in [0.2, 0.25) is 0 Å². The molecule has 3 rings (SSSR count). The summed E-state index contributed by atoms with van der Waals surface area (Å²) < 4.78 is 6.86. The second-order valence-electron chi connectivity index (χ2n) is 7.97. The molecule has 0 spiro atoms. The molecule has 0 unspecified atom stereocenters. The lowest BCUT2D eigenvalue weighted by molar-refractivity contribution is 0.186. The van der Waals surface area contributed by atoms with Gasteiger partial charge in [-0.2, -0.15) is 0 Å². The average Bonchev–Trinajstić information content (AvgIpc) is 3.02. The van der Waals surface area contributed by atoms with E-state index in [1.165, 1.54) is 10.4 Å². The van der Waals surface area contributed by atoms with Gasteiger partial charge in [-0.05, 0) is 21.8 Å². The van der Waals surface area contributed by atoms with Crippen molar-refractivity contribution < 1.29 is 9.53 Å². The molecule has 1 heterocycles. The number of aliphatic hydroxyl groups is 1. The van der Waals surface area contributed by atoms with E-state index < -0.39 is 8.32 Å². The van der Waals surface area contributed by atoms with E-state index in [0.717, 1.165) is 6.42 Å². The van der Waals surface area contributed by atoms with Crippen molar-refractivity contribution in [3.63, 3.8) is 0 Å². The SMILES string of the molecule is CC(C)(C)[Si](OC[C@@H]1C[C@@H](O)CN1)(c1ccccc1)c1ccccc1. The Bertz CT molecular complexity index is 630. The van der Waals surface area contributed by atoms with Crippen LogP contribution >= 0.6 is 0 Å². The predicted molar refractivity (Wildman–Crippen MR) is 106 cm³/mol. The van der Waals surface area contributed by atoms with Gasteiger partial charge in [0.25, 0.3) is 8.32 Å². The first kappa shape index (κ1) is 18.3. The second-order valence-corrected chi connectivity index (χ2v) is 12.3. The van der Waals surface area contributed by atoms with Crippen molar-refractivity contribution in [2.24, 2.45) is 0 Å². The lowest BCUT2D eigenvalue weighted by atomic mass is 10.2. The third kappa shape index (κ3) is 3.72. The van der Waals surface area contributed by atoms with Crippen LogP contribution in [0, 0.1) is 0 Å². The van der Waals surface area contributed by atoms with Crippen LogP contribution < -0.4 is 15.7 Å². The Kier molecular flexibility index (Phi) is 5.44. The average molecular weight is 356 g/mol. The molecule has 0 aliphatic carbocycles. The predicted octanol–water partition coefficient (Wildman–Crippen LogP) is 2.29. The maximum Gasteiger partial charge on any atom is 0.261 e. The molecule has 1 aliphatic rings. The van der Waals surface area contributed by atoms with Gasteiger partial charge < -0.3 is 14.8 Å². The summed E-state index contributed by atoms with van der Waals surface area (Å²) in [5, 5.41) is 15.8. The van der Waals surface area contributed by atoms with Gasteiger partial charge in [-0.1, -0.05) is 81.4 Å². The van der Waals surface area contributed by atoms with Gasteiger partial charge in [0.05, 0.1) is 12.7 Å². The third-order valence-corrected chi connectivity index (χ3v) is 10.1. The first-order valence-corrected chi connectivity index (χ1v) is 11.0. The number of aliphatic hydroxyl groups excluding tert-OH is 1. The molecule has 2 N–H and O–H groups in total. The number of β-amino-alcohol motifs (C(OH)–C–C–N with tert-alkyl or cyclic N) is 1. The highest BCUT2D eigenvalue weighted by molar-refractivity contribution is 6.99. The van der Waals surface area contributed by atoms with Crippen LogP contribution in [0.4, 0.5) is 0 Å². The second kappa shape index (κ2) is 7.42. The molecule has 1 aliphatic heterocycles. The lowest BCUT2D eigenvalue weighted by Crippen LogP contribution is -2.67. The zero-order valence-corrected chi connectivity index (χ0v) is 16.4. The summed E-state index contributed by atoms with van der Waals surface area (Å²) in [6.07, 6.45) is 0.505. The molecule has 3 nitrogen and oxygen atoms in total. The number of nitrogens with one attached hydrogen (secondary N) is 1. The quantitative estimate of drug-likeness (QED) is 0.809. The summed E-state index contributed by atoms with van der Waals surface area (Å²) in [5.74, 6) is 0. The maximum absolute atomic E-state index is 9.82.